The van der Waals surface area contributed by atoms with E-state index in [1.54, 1.807) is 0 Å². The molecule has 2 rings (SSSR count). The lowest BCUT2D eigenvalue weighted by Crippen LogP contribution is -2.15. The summed E-state index contributed by atoms with van der Waals surface area (Å²) in [5.41, 5.74) is 2.26. The molecule has 0 atom stereocenters. The third-order valence-corrected chi connectivity index (χ3v) is 2.61. The van der Waals surface area contributed by atoms with Crippen LogP contribution in [0.4, 0.5) is 0 Å². The molecule has 1 aliphatic rings. The monoisotopic (exact) mass is 220 g/mol. The molecule has 0 unspecified atom stereocenters. The van der Waals surface area contributed by atoms with Gasteiger partial charge in [-0.2, -0.15) is 0 Å². The van der Waals surface area contributed by atoms with Crippen LogP contribution in [-0.2, 0) is 20.7 Å². The SMILES string of the molecule is Cc1ccc(CC(=O)CC2OCCO2)cc1. The molecular weight excluding hydrogens is 204 g/mol. The van der Waals surface area contributed by atoms with Gasteiger partial charge in [0.05, 0.1) is 19.6 Å². The lowest BCUT2D eigenvalue weighted by atomic mass is 10.1. The highest BCUT2D eigenvalue weighted by Crippen LogP contribution is 2.11. The molecule has 0 radical (unpaired) electrons. The van der Waals surface area contributed by atoms with Crippen molar-refractivity contribution in [1.82, 2.24) is 0 Å². The summed E-state index contributed by atoms with van der Waals surface area (Å²) < 4.78 is 10.5. The Morgan fingerprint density at radius 1 is 1.25 bits per heavy atom. The average Bonchev–Trinajstić information content (AvgIpc) is 2.74. The Balaban J connectivity index is 1.84. The zero-order valence-corrected chi connectivity index (χ0v) is 9.44. The minimum Gasteiger partial charge on any atom is -0.350 e. The molecule has 1 aromatic carbocycles. The number of aryl methyl sites for hydroxylation is 1. The zero-order chi connectivity index (χ0) is 11.4. The highest BCUT2D eigenvalue weighted by Gasteiger charge is 2.19. The number of benzene rings is 1. The minimum absolute atomic E-state index is 0.163. The van der Waals surface area contributed by atoms with Crippen molar-refractivity contribution in [2.24, 2.45) is 0 Å². The van der Waals surface area contributed by atoms with Crippen molar-refractivity contribution in [2.45, 2.75) is 26.1 Å². The van der Waals surface area contributed by atoms with Crippen molar-refractivity contribution in [3.05, 3.63) is 35.4 Å². The second kappa shape index (κ2) is 5.23. The maximum Gasteiger partial charge on any atom is 0.164 e. The summed E-state index contributed by atoms with van der Waals surface area (Å²) in [6.07, 6.45) is 0.495. The number of ether oxygens (including phenoxy) is 2. The molecule has 1 heterocycles. The first-order valence-corrected chi connectivity index (χ1v) is 5.54. The van der Waals surface area contributed by atoms with Crippen LogP contribution in [0, 0.1) is 6.92 Å². The van der Waals surface area contributed by atoms with E-state index in [4.69, 9.17) is 9.47 Å². The molecule has 0 aromatic heterocycles. The number of carbonyl (C=O) groups excluding carboxylic acids is 1. The van der Waals surface area contributed by atoms with E-state index in [2.05, 4.69) is 0 Å². The smallest absolute Gasteiger partial charge is 0.164 e. The molecule has 1 saturated heterocycles. The van der Waals surface area contributed by atoms with E-state index in [0.717, 1.165) is 5.56 Å². The molecule has 1 aromatic rings. The van der Waals surface area contributed by atoms with E-state index in [1.165, 1.54) is 5.56 Å². The van der Waals surface area contributed by atoms with Gasteiger partial charge in [-0.1, -0.05) is 29.8 Å². The van der Waals surface area contributed by atoms with Crippen molar-refractivity contribution in [2.75, 3.05) is 13.2 Å². The topological polar surface area (TPSA) is 35.5 Å². The van der Waals surface area contributed by atoms with Crippen molar-refractivity contribution in [3.63, 3.8) is 0 Å². The largest absolute Gasteiger partial charge is 0.350 e. The van der Waals surface area contributed by atoms with Gasteiger partial charge in [-0.25, -0.2) is 0 Å². The van der Waals surface area contributed by atoms with E-state index in [-0.39, 0.29) is 12.1 Å². The Hall–Kier alpha value is -1.19. The van der Waals surface area contributed by atoms with Crippen LogP contribution in [0.3, 0.4) is 0 Å². The van der Waals surface area contributed by atoms with Gasteiger partial charge < -0.3 is 9.47 Å². The molecule has 0 amide bonds. The van der Waals surface area contributed by atoms with Crippen molar-refractivity contribution in [1.29, 1.82) is 0 Å². The first-order valence-electron chi connectivity index (χ1n) is 5.54. The Morgan fingerprint density at radius 2 is 1.88 bits per heavy atom. The van der Waals surface area contributed by atoms with Crippen molar-refractivity contribution >= 4 is 5.78 Å². The number of ketones is 1. The van der Waals surface area contributed by atoms with Gasteiger partial charge in [0.1, 0.15) is 5.78 Å². The molecular formula is C13H16O3. The molecule has 16 heavy (non-hydrogen) atoms. The van der Waals surface area contributed by atoms with E-state index < -0.39 is 0 Å². The van der Waals surface area contributed by atoms with Crippen molar-refractivity contribution in [3.8, 4) is 0 Å². The maximum atomic E-state index is 11.7. The fraction of sp³-hybridized carbons (Fsp3) is 0.462. The summed E-state index contributed by atoms with van der Waals surface area (Å²) >= 11 is 0. The normalized spacial score (nSPS) is 16.6. The molecule has 86 valence electrons. The van der Waals surface area contributed by atoms with E-state index in [9.17, 15) is 4.79 Å². The predicted molar refractivity (Wildman–Crippen MR) is 60.2 cm³/mol. The van der Waals surface area contributed by atoms with Gasteiger partial charge >= 0.3 is 0 Å². The van der Waals surface area contributed by atoms with Crippen LogP contribution in [0.25, 0.3) is 0 Å². The summed E-state index contributed by atoms with van der Waals surface area (Å²) in [5.74, 6) is 0.163. The Morgan fingerprint density at radius 3 is 2.50 bits per heavy atom. The summed E-state index contributed by atoms with van der Waals surface area (Å²) in [7, 11) is 0. The third-order valence-electron chi connectivity index (χ3n) is 2.61. The zero-order valence-electron chi connectivity index (χ0n) is 9.44. The predicted octanol–water partition coefficient (Wildman–Crippen LogP) is 1.87. The molecule has 1 aliphatic heterocycles. The van der Waals surface area contributed by atoms with Gasteiger partial charge in [-0.05, 0) is 12.5 Å². The molecule has 0 aliphatic carbocycles. The molecule has 3 heteroatoms. The maximum absolute atomic E-state index is 11.7. The summed E-state index contributed by atoms with van der Waals surface area (Å²) in [5, 5.41) is 0. The number of carbonyl (C=O) groups is 1. The van der Waals surface area contributed by atoms with Crippen LogP contribution in [0.2, 0.25) is 0 Å². The van der Waals surface area contributed by atoms with E-state index in [0.29, 0.717) is 26.1 Å². The van der Waals surface area contributed by atoms with Crippen LogP contribution >= 0.6 is 0 Å². The quantitative estimate of drug-likeness (QED) is 0.777. The van der Waals surface area contributed by atoms with Crippen LogP contribution < -0.4 is 0 Å². The number of hydrogen-bond donors (Lipinski definition) is 0. The summed E-state index contributed by atoms with van der Waals surface area (Å²) in [4.78, 5) is 11.7. The van der Waals surface area contributed by atoms with E-state index >= 15 is 0 Å². The molecule has 1 fully saturated rings. The van der Waals surface area contributed by atoms with Crippen LogP contribution in [-0.4, -0.2) is 25.3 Å². The first-order chi connectivity index (χ1) is 7.74. The van der Waals surface area contributed by atoms with Crippen LogP contribution in [0.1, 0.15) is 17.5 Å². The molecule has 0 spiro atoms. The Labute approximate surface area is 95.4 Å². The second-order valence-electron chi connectivity index (χ2n) is 4.08. The van der Waals surface area contributed by atoms with Gasteiger partial charge in [0.2, 0.25) is 0 Å². The Bertz CT molecular complexity index is 350. The fourth-order valence-corrected chi connectivity index (χ4v) is 1.72. The summed E-state index contributed by atoms with van der Waals surface area (Å²) in [6, 6.07) is 8.02. The average molecular weight is 220 g/mol. The van der Waals surface area contributed by atoms with Crippen molar-refractivity contribution < 1.29 is 14.3 Å². The van der Waals surface area contributed by atoms with Crippen LogP contribution in [0.5, 0.6) is 0 Å². The highest BCUT2D eigenvalue weighted by molar-refractivity contribution is 5.81. The second-order valence-corrected chi connectivity index (χ2v) is 4.08. The third kappa shape index (κ3) is 3.15. The van der Waals surface area contributed by atoms with Gasteiger partial charge in [0.25, 0.3) is 0 Å². The molecule has 0 N–H and O–H groups in total. The number of rotatable bonds is 4. The Kier molecular flexibility index (Phi) is 3.70. The van der Waals surface area contributed by atoms with E-state index in [1.807, 2.05) is 31.2 Å². The minimum atomic E-state index is -0.321. The highest BCUT2D eigenvalue weighted by atomic mass is 16.7. The standard InChI is InChI=1S/C13H16O3/c1-10-2-4-11(5-3-10)8-12(14)9-13-15-6-7-16-13/h2-5,13H,6-9H2,1H3. The first kappa shape index (κ1) is 11.3. The van der Waals surface area contributed by atoms with Gasteiger partial charge in [0.15, 0.2) is 6.29 Å². The molecule has 0 bridgehead atoms. The van der Waals surface area contributed by atoms with Gasteiger partial charge in [-0.15, -0.1) is 0 Å². The lowest BCUT2D eigenvalue weighted by Gasteiger charge is -2.07. The van der Waals surface area contributed by atoms with Gasteiger partial charge in [-0.3, -0.25) is 4.79 Å². The lowest BCUT2D eigenvalue weighted by molar-refractivity contribution is -0.126. The molecule has 3 nitrogen and oxygen atoms in total. The molecule has 0 saturated carbocycles. The summed E-state index contributed by atoms with van der Waals surface area (Å²) in [6.45, 7) is 3.23. The number of hydrogen-bond acceptors (Lipinski definition) is 3. The number of Topliss-reactive ketones (excluding diaryl/α,β-unsaturated/α-hetero) is 1. The van der Waals surface area contributed by atoms with Crippen LogP contribution in [0.15, 0.2) is 24.3 Å². The van der Waals surface area contributed by atoms with Gasteiger partial charge in [0, 0.05) is 6.42 Å². The fourth-order valence-electron chi connectivity index (χ4n) is 1.72.